The number of aliphatic hydroxyl groups excluding tert-OH is 1. The molecule has 0 amide bonds. The van der Waals surface area contributed by atoms with Gasteiger partial charge < -0.3 is 15.2 Å². The second-order valence-electron chi connectivity index (χ2n) is 5.96. The van der Waals surface area contributed by atoms with Gasteiger partial charge in [-0.3, -0.25) is 10.1 Å². The van der Waals surface area contributed by atoms with Gasteiger partial charge in [-0.25, -0.2) is 14.8 Å². The molecule has 0 aliphatic heterocycles. The van der Waals surface area contributed by atoms with Crippen molar-refractivity contribution in [2.45, 2.75) is 19.4 Å². The van der Waals surface area contributed by atoms with E-state index in [-0.39, 0.29) is 23.5 Å². The predicted octanol–water partition coefficient (Wildman–Crippen LogP) is 2.02. The minimum Gasteiger partial charge on any atom is -0.465 e. The van der Waals surface area contributed by atoms with Crippen LogP contribution in [0.5, 0.6) is 0 Å². The summed E-state index contributed by atoms with van der Waals surface area (Å²) in [5.41, 5.74) is -0.124. The van der Waals surface area contributed by atoms with Crippen LogP contribution in [-0.2, 0) is 4.74 Å². The number of nitrogens with zero attached hydrogens (tertiary/aromatic N) is 3. The molecular formula is C16H18N4O5. The van der Waals surface area contributed by atoms with E-state index in [0.29, 0.717) is 11.1 Å². The van der Waals surface area contributed by atoms with Gasteiger partial charge in [0, 0.05) is 29.6 Å². The Bertz CT molecular complexity index is 793. The molecule has 0 bridgehead atoms. The molecule has 2 aromatic rings. The number of aliphatic hydroxyl groups is 1. The van der Waals surface area contributed by atoms with Crippen molar-refractivity contribution in [3.8, 4) is 11.1 Å². The summed E-state index contributed by atoms with van der Waals surface area (Å²) in [6.07, 6.45) is 4.28. The average molecular weight is 346 g/mol. The predicted molar refractivity (Wildman–Crippen MR) is 90.2 cm³/mol. The lowest BCUT2D eigenvalue weighted by Gasteiger charge is -2.26. The molecule has 2 rings (SSSR count). The van der Waals surface area contributed by atoms with E-state index in [0.717, 1.165) is 6.07 Å². The number of nitrogens with one attached hydrogen (secondary N) is 1. The fourth-order valence-electron chi connectivity index (χ4n) is 2.18. The summed E-state index contributed by atoms with van der Waals surface area (Å²) < 4.78 is 4.67. The lowest BCUT2D eigenvalue weighted by Crippen LogP contribution is -2.35. The largest absolute Gasteiger partial charge is 0.465 e. The number of ether oxygens (including phenoxy) is 1. The van der Waals surface area contributed by atoms with Crippen molar-refractivity contribution in [1.82, 2.24) is 9.97 Å². The molecule has 0 aliphatic carbocycles. The average Bonchev–Trinajstić information content (AvgIpc) is 2.61. The summed E-state index contributed by atoms with van der Waals surface area (Å²) in [5.74, 6) is -0.700. The van der Waals surface area contributed by atoms with Crippen LogP contribution in [0, 0.1) is 10.1 Å². The number of anilines is 1. The number of carbonyl (C=O) groups is 1. The van der Waals surface area contributed by atoms with Crippen molar-refractivity contribution in [3.05, 3.63) is 46.5 Å². The van der Waals surface area contributed by atoms with Gasteiger partial charge in [-0.05, 0) is 19.9 Å². The van der Waals surface area contributed by atoms with Crippen LogP contribution in [0.25, 0.3) is 11.1 Å². The number of rotatable bonds is 6. The Morgan fingerprint density at radius 3 is 2.52 bits per heavy atom. The summed E-state index contributed by atoms with van der Waals surface area (Å²) in [6, 6.07) is 2.60. The molecule has 1 aromatic carbocycles. The highest BCUT2D eigenvalue weighted by atomic mass is 16.6. The summed E-state index contributed by atoms with van der Waals surface area (Å²) in [7, 11) is 1.19. The molecule has 132 valence electrons. The van der Waals surface area contributed by atoms with Crippen LogP contribution in [0.15, 0.2) is 30.9 Å². The maximum atomic E-state index is 11.9. The molecule has 0 radical (unpaired) electrons. The number of nitro groups is 1. The molecule has 2 N–H and O–H groups in total. The Hall–Kier alpha value is -3.07. The number of benzene rings is 1. The Balaban J connectivity index is 2.77. The van der Waals surface area contributed by atoms with Gasteiger partial charge in [0.1, 0.15) is 12.0 Å². The van der Waals surface area contributed by atoms with E-state index in [1.54, 1.807) is 13.8 Å². The van der Waals surface area contributed by atoms with Crippen LogP contribution in [0.4, 0.5) is 11.4 Å². The zero-order chi connectivity index (χ0) is 18.6. The van der Waals surface area contributed by atoms with Gasteiger partial charge in [-0.1, -0.05) is 0 Å². The van der Waals surface area contributed by atoms with E-state index >= 15 is 0 Å². The molecule has 0 fully saturated rings. The molecular weight excluding hydrogens is 328 g/mol. The molecule has 0 unspecified atom stereocenters. The maximum Gasteiger partial charge on any atom is 0.338 e. The summed E-state index contributed by atoms with van der Waals surface area (Å²) >= 11 is 0. The van der Waals surface area contributed by atoms with Gasteiger partial charge in [0.25, 0.3) is 5.69 Å². The van der Waals surface area contributed by atoms with Gasteiger partial charge in [0.05, 0.1) is 29.7 Å². The second kappa shape index (κ2) is 7.22. The number of methoxy groups -OCH3 is 1. The molecule has 0 aliphatic rings. The second-order valence-corrected chi connectivity index (χ2v) is 5.96. The van der Waals surface area contributed by atoms with Crippen LogP contribution < -0.4 is 5.32 Å². The minimum atomic E-state index is -0.831. The molecule has 1 aromatic heterocycles. The molecule has 25 heavy (non-hydrogen) atoms. The minimum absolute atomic E-state index is 0.0282. The molecule has 0 saturated heterocycles. The van der Waals surface area contributed by atoms with E-state index in [1.165, 1.54) is 31.9 Å². The van der Waals surface area contributed by atoms with Gasteiger partial charge >= 0.3 is 5.97 Å². The first-order valence-electron chi connectivity index (χ1n) is 7.34. The molecule has 9 heteroatoms. The van der Waals surface area contributed by atoms with Crippen molar-refractivity contribution in [1.29, 1.82) is 0 Å². The van der Waals surface area contributed by atoms with Crippen molar-refractivity contribution >= 4 is 17.3 Å². The van der Waals surface area contributed by atoms with E-state index in [9.17, 15) is 20.0 Å². The third-order valence-corrected chi connectivity index (χ3v) is 3.47. The third-order valence-electron chi connectivity index (χ3n) is 3.47. The number of hydrogen-bond acceptors (Lipinski definition) is 8. The van der Waals surface area contributed by atoms with Crippen molar-refractivity contribution in [3.63, 3.8) is 0 Å². The monoisotopic (exact) mass is 346 g/mol. The van der Waals surface area contributed by atoms with Gasteiger partial charge in [-0.2, -0.15) is 0 Å². The topological polar surface area (TPSA) is 127 Å². The van der Waals surface area contributed by atoms with Gasteiger partial charge in [-0.15, -0.1) is 0 Å². The number of esters is 1. The van der Waals surface area contributed by atoms with Gasteiger partial charge in [0.2, 0.25) is 0 Å². The zero-order valence-corrected chi connectivity index (χ0v) is 14.0. The smallest absolute Gasteiger partial charge is 0.338 e. The van der Waals surface area contributed by atoms with E-state index in [4.69, 9.17) is 0 Å². The highest BCUT2D eigenvalue weighted by Crippen LogP contribution is 2.38. The summed E-state index contributed by atoms with van der Waals surface area (Å²) in [6.45, 7) is 3.13. The fourth-order valence-corrected chi connectivity index (χ4v) is 2.18. The standard InChI is InChI=1S/C16H18N4O5/c1-16(2,8-21)19-14-12(11-6-17-9-18-7-11)4-10(15(22)25-3)5-13(14)20(23)24/h4-7,9,19,21H,8H2,1-3H3. The maximum absolute atomic E-state index is 11.9. The van der Waals surface area contributed by atoms with E-state index < -0.39 is 16.4 Å². The lowest BCUT2D eigenvalue weighted by atomic mass is 9.98. The first-order chi connectivity index (χ1) is 11.8. The van der Waals surface area contributed by atoms with Crippen molar-refractivity contribution in [2.75, 3.05) is 19.0 Å². The van der Waals surface area contributed by atoms with Crippen LogP contribution in [-0.4, -0.2) is 45.2 Å². The number of aromatic nitrogens is 2. The van der Waals surface area contributed by atoms with Crippen LogP contribution in [0.2, 0.25) is 0 Å². The fraction of sp³-hybridized carbons (Fsp3) is 0.312. The number of carbonyl (C=O) groups excluding carboxylic acids is 1. The normalized spacial score (nSPS) is 11.0. The quantitative estimate of drug-likeness (QED) is 0.462. The van der Waals surface area contributed by atoms with Gasteiger partial charge in [0.15, 0.2) is 0 Å². The third kappa shape index (κ3) is 4.07. The Morgan fingerprint density at radius 1 is 1.36 bits per heavy atom. The molecule has 0 saturated carbocycles. The summed E-state index contributed by atoms with van der Waals surface area (Å²) in [4.78, 5) is 30.7. The van der Waals surface area contributed by atoms with Crippen LogP contribution in [0.1, 0.15) is 24.2 Å². The van der Waals surface area contributed by atoms with Crippen LogP contribution >= 0.6 is 0 Å². The first-order valence-corrected chi connectivity index (χ1v) is 7.34. The Morgan fingerprint density at radius 2 is 2.00 bits per heavy atom. The number of hydrogen-bond donors (Lipinski definition) is 2. The lowest BCUT2D eigenvalue weighted by molar-refractivity contribution is -0.384. The Labute approximate surface area is 143 Å². The molecule has 0 spiro atoms. The molecule has 0 atom stereocenters. The molecule has 1 heterocycles. The SMILES string of the molecule is COC(=O)c1cc(-c2cncnc2)c(NC(C)(C)CO)c([N+](=O)[O-])c1. The highest BCUT2D eigenvalue weighted by Gasteiger charge is 2.28. The summed E-state index contributed by atoms with van der Waals surface area (Å²) in [5, 5.41) is 24.0. The number of nitro benzene ring substituents is 1. The van der Waals surface area contributed by atoms with Crippen molar-refractivity contribution in [2.24, 2.45) is 0 Å². The Kier molecular flexibility index (Phi) is 5.28. The first kappa shape index (κ1) is 18.3. The highest BCUT2D eigenvalue weighted by molar-refractivity contribution is 5.96. The van der Waals surface area contributed by atoms with E-state index in [2.05, 4.69) is 20.0 Å². The zero-order valence-electron chi connectivity index (χ0n) is 14.0. The van der Waals surface area contributed by atoms with E-state index in [1.807, 2.05) is 0 Å². The van der Waals surface area contributed by atoms with Crippen LogP contribution in [0.3, 0.4) is 0 Å². The molecule has 9 nitrogen and oxygen atoms in total. The van der Waals surface area contributed by atoms with Crippen molar-refractivity contribution < 1.29 is 19.6 Å².